The molecule has 0 aromatic carbocycles. The van der Waals surface area contributed by atoms with Gasteiger partial charge in [0.15, 0.2) is 0 Å². The lowest BCUT2D eigenvalue weighted by atomic mass is 9.66. The van der Waals surface area contributed by atoms with Crippen LogP contribution in [0.3, 0.4) is 0 Å². The zero-order chi connectivity index (χ0) is 15.5. The highest BCUT2D eigenvalue weighted by atomic mass is 15.2. The van der Waals surface area contributed by atoms with Crippen LogP contribution in [0.1, 0.15) is 58.9 Å². The first-order valence-electron chi connectivity index (χ1n) is 8.61. The fourth-order valence-electron chi connectivity index (χ4n) is 3.85. The highest BCUT2D eigenvalue weighted by molar-refractivity contribution is 5.04. The van der Waals surface area contributed by atoms with Crippen LogP contribution in [0.5, 0.6) is 0 Å². The van der Waals surface area contributed by atoms with E-state index in [4.69, 9.17) is 0 Å². The summed E-state index contributed by atoms with van der Waals surface area (Å²) in [5.41, 5.74) is 1.83. The standard InChI is InChI=1S/C18H33N3/c1-6-19-17-10-9-16(18(2,3)4)11-15(17)8-7-14-12-20-21(5)13-14/h12-13,15-17,19H,6-11H2,1-5H3. The smallest absolute Gasteiger partial charge is 0.0521 e. The Balaban J connectivity index is 1.96. The molecule has 1 fully saturated rings. The zero-order valence-electron chi connectivity index (χ0n) is 14.5. The predicted molar refractivity (Wildman–Crippen MR) is 89.3 cm³/mol. The minimum absolute atomic E-state index is 0.448. The molecule has 1 N–H and O–H groups in total. The Morgan fingerprint density at radius 2 is 2.10 bits per heavy atom. The van der Waals surface area contributed by atoms with Gasteiger partial charge < -0.3 is 5.32 Å². The molecular formula is C18H33N3. The summed E-state index contributed by atoms with van der Waals surface area (Å²) < 4.78 is 1.91. The van der Waals surface area contributed by atoms with Gasteiger partial charge >= 0.3 is 0 Å². The van der Waals surface area contributed by atoms with Crippen molar-refractivity contribution in [2.75, 3.05) is 6.54 Å². The van der Waals surface area contributed by atoms with Gasteiger partial charge in [-0.15, -0.1) is 0 Å². The van der Waals surface area contributed by atoms with E-state index in [1.165, 1.54) is 31.2 Å². The zero-order valence-corrected chi connectivity index (χ0v) is 14.5. The molecule has 1 saturated carbocycles. The summed E-state index contributed by atoms with van der Waals surface area (Å²) in [5.74, 6) is 1.68. The van der Waals surface area contributed by atoms with E-state index < -0.39 is 0 Å². The molecule has 0 bridgehead atoms. The van der Waals surface area contributed by atoms with Gasteiger partial charge in [-0.05, 0) is 61.5 Å². The van der Waals surface area contributed by atoms with Crippen LogP contribution in [0.25, 0.3) is 0 Å². The molecule has 3 unspecified atom stereocenters. The second-order valence-corrected chi connectivity index (χ2v) is 7.86. The molecule has 120 valence electrons. The van der Waals surface area contributed by atoms with Crippen molar-refractivity contribution in [3.8, 4) is 0 Å². The van der Waals surface area contributed by atoms with E-state index in [1.807, 2.05) is 17.9 Å². The summed E-state index contributed by atoms with van der Waals surface area (Å²) in [6.45, 7) is 10.5. The maximum atomic E-state index is 4.29. The number of nitrogens with zero attached hydrogens (tertiary/aromatic N) is 2. The van der Waals surface area contributed by atoms with Crippen LogP contribution in [-0.2, 0) is 13.5 Å². The molecule has 0 aliphatic heterocycles. The number of aryl methyl sites for hydroxylation is 2. The average Bonchev–Trinajstić information content (AvgIpc) is 2.82. The molecule has 21 heavy (non-hydrogen) atoms. The summed E-state index contributed by atoms with van der Waals surface area (Å²) in [4.78, 5) is 0. The van der Waals surface area contributed by atoms with Gasteiger partial charge in [0, 0.05) is 19.3 Å². The number of rotatable bonds is 5. The Bertz CT molecular complexity index is 430. The second kappa shape index (κ2) is 6.95. The second-order valence-electron chi connectivity index (χ2n) is 7.86. The lowest BCUT2D eigenvalue weighted by Gasteiger charge is -2.42. The molecule has 3 atom stereocenters. The minimum Gasteiger partial charge on any atom is -0.314 e. The van der Waals surface area contributed by atoms with Crippen molar-refractivity contribution < 1.29 is 0 Å². The van der Waals surface area contributed by atoms with E-state index >= 15 is 0 Å². The van der Waals surface area contributed by atoms with Gasteiger partial charge in [0.25, 0.3) is 0 Å². The van der Waals surface area contributed by atoms with Gasteiger partial charge in [0.1, 0.15) is 0 Å². The lowest BCUT2D eigenvalue weighted by Crippen LogP contribution is -2.43. The van der Waals surface area contributed by atoms with Crippen LogP contribution in [0.2, 0.25) is 0 Å². The fraction of sp³-hybridized carbons (Fsp3) is 0.833. The third-order valence-electron chi connectivity index (χ3n) is 5.24. The van der Waals surface area contributed by atoms with Crippen molar-refractivity contribution in [1.82, 2.24) is 15.1 Å². The fourth-order valence-corrected chi connectivity index (χ4v) is 3.85. The molecule has 1 heterocycles. The number of nitrogens with one attached hydrogen (secondary N) is 1. The molecule has 1 aromatic heterocycles. The Kier molecular flexibility index (Phi) is 5.48. The average molecular weight is 291 g/mol. The maximum Gasteiger partial charge on any atom is 0.0521 e. The predicted octanol–water partition coefficient (Wildman–Crippen LogP) is 3.79. The number of hydrogen-bond donors (Lipinski definition) is 1. The van der Waals surface area contributed by atoms with E-state index in [-0.39, 0.29) is 0 Å². The highest BCUT2D eigenvalue weighted by Crippen LogP contribution is 2.41. The first-order valence-corrected chi connectivity index (χ1v) is 8.61. The topological polar surface area (TPSA) is 29.9 Å². The van der Waals surface area contributed by atoms with Gasteiger partial charge in [-0.25, -0.2) is 0 Å². The Labute approximate surface area is 130 Å². The summed E-state index contributed by atoms with van der Waals surface area (Å²) in [6, 6.07) is 0.713. The van der Waals surface area contributed by atoms with Crippen LogP contribution in [0.4, 0.5) is 0 Å². The van der Waals surface area contributed by atoms with Crippen molar-refractivity contribution in [2.24, 2.45) is 24.3 Å². The van der Waals surface area contributed by atoms with Gasteiger partial charge in [0.05, 0.1) is 6.20 Å². The molecule has 0 spiro atoms. The van der Waals surface area contributed by atoms with Crippen molar-refractivity contribution >= 4 is 0 Å². The maximum absolute atomic E-state index is 4.29. The van der Waals surface area contributed by atoms with Crippen molar-refractivity contribution in [1.29, 1.82) is 0 Å². The van der Waals surface area contributed by atoms with E-state index in [0.29, 0.717) is 11.5 Å². The number of aromatic nitrogens is 2. The monoisotopic (exact) mass is 291 g/mol. The molecule has 0 radical (unpaired) electrons. The van der Waals surface area contributed by atoms with Crippen molar-refractivity contribution in [2.45, 2.75) is 65.8 Å². The summed E-state index contributed by atoms with van der Waals surface area (Å²) >= 11 is 0. The van der Waals surface area contributed by atoms with Gasteiger partial charge in [-0.2, -0.15) is 5.10 Å². The van der Waals surface area contributed by atoms with E-state index in [0.717, 1.165) is 24.8 Å². The molecule has 0 amide bonds. The molecule has 1 aliphatic carbocycles. The normalized spacial score (nSPS) is 27.0. The summed E-state index contributed by atoms with van der Waals surface area (Å²) in [6.07, 6.45) is 10.7. The van der Waals surface area contributed by atoms with Crippen molar-refractivity contribution in [3.63, 3.8) is 0 Å². The Hall–Kier alpha value is -0.830. The largest absolute Gasteiger partial charge is 0.314 e. The lowest BCUT2D eigenvalue weighted by molar-refractivity contribution is 0.110. The molecule has 2 rings (SSSR count). The third-order valence-corrected chi connectivity index (χ3v) is 5.24. The van der Waals surface area contributed by atoms with Gasteiger partial charge in [-0.1, -0.05) is 27.7 Å². The SMILES string of the molecule is CCNC1CCC(C(C)(C)C)CC1CCc1cnn(C)c1. The van der Waals surface area contributed by atoms with Crippen LogP contribution in [-0.4, -0.2) is 22.4 Å². The first kappa shape index (κ1) is 16.5. The van der Waals surface area contributed by atoms with Gasteiger partial charge in [0.2, 0.25) is 0 Å². The van der Waals surface area contributed by atoms with Crippen LogP contribution >= 0.6 is 0 Å². The van der Waals surface area contributed by atoms with Crippen LogP contribution in [0, 0.1) is 17.3 Å². The molecule has 1 aliphatic rings. The van der Waals surface area contributed by atoms with Crippen molar-refractivity contribution in [3.05, 3.63) is 18.0 Å². The first-order chi connectivity index (χ1) is 9.90. The summed E-state index contributed by atoms with van der Waals surface area (Å²) in [7, 11) is 2.00. The Morgan fingerprint density at radius 3 is 2.67 bits per heavy atom. The highest BCUT2D eigenvalue weighted by Gasteiger charge is 2.35. The van der Waals surface area contributed by atoms with Gasteiger partial charge in [-0.3, -0.25) is 4.68 Å². The molecule has 0 saturated heterocycles. The van der Waals surface area contributed by atoms with Crippen LogP contribution < -0.4 is 5.32 Å². The minimum atomic E-state index is 0.448. The molecular weight excluding hydrogens is 258 g/mol. The van der Waals surface area contributed by atoms with E-state index in [9.17, 15) is 0 Å². The number of hydrogen-bond acceptors (Lipinski definition) is 2. The Morgan fingerprint density at radius 1 is 1.33 bits per heavy atom. The molecule has 1 aromatic rings. The van der Waals surface area contributed by atoms with Crippen LogP contribution in [0.15, 0.2) is 12.4 Å². The van der Waals surface area contributed by atoms with E-state index in [1.54, 1.807) is 0 Å². The van der Waals surface area contributed by atoms with E-state index in [2.05, 4.69) is 44.3 Å². The third kappa shape index (κ3) is 4.57. The molecule has 3 heteroatoms. The summed E-state index contributed by atoms with van der Waals surface area (Å²) in [5, 5.41) is 8.02. The quantitative estimate of drug-likeness (QED) is 0.894. The molecule has 3 nitrogen and oxygen atoms in total.